The minimum absolute atomic E-state index is 0.0571. The number of benzene rings is 2. The van der Waals surface area contributed by atoms with Crippen LogP contribution in [0, 0.1) is 5.41 Å². The first-order valence-corrected chi connectivity index (χ1v) is 12.0. The number of ether oxygens (including phenoxy) is 1. The molecule has 0 bridgehead atoms. The molecule has 2 N–H and O–H groups in total. The van der Waals surface area contributed by atoms with E-state index in [9.17, 15) is 14.4 Å². The summed E-state index contributed by atoms with van der Waals surface area (Å²) in [5, 5.41) is 12.0. The number of alkyl carbamates (subject to hydrolysis) is 1. The molecule has 35 heavy (non-hydrogen) atoms. The van der Waals surface area contributed by atoms with Gasteiger partial charge in [0, 0.05) is 18.5 Å². The molecule has 3 rings (SSSR count). The van der Waals surface area contributed by atoms with Crippen LogP contribution >= 0.6 is 0 Å². The van der Waals surface area contributed by atoms with E-state index in [1.807, 2.05) is 38.1 Å². The van der Waals surface area contributed by atoms with Crippen LogP contribution in [0.2, 0.25) is 0 Å². The summed E-state index contributed by atoms with van der Waals surface area (Å²) in [7, 11) is 0. The third-order valence-electron chi connectivity index (χ3n) is 7.31. The van der Waals surface area contributed by atoms with Gasteiger partial charge in [-0.3, -0.25) is 9.59 Å². The summed E-state index contributed by atoms with van der Waals surface area (Å²) in [5.74, 6) is -1.24. The van der Waals surface area contributed by atoms with Crippen LogP contribution in [-0.2, 0) is 14.3 Å². The Morgan fingerprint density at radius 3 is 1.97 bits per heavy atom. The molecule has 0 aromatic heterocycles. The van der Waals surface area contributed by atoms with Crippen molar-refractivity contribution >= 4 is 18.0 Å². The van der Waals surface area contributed by atoms with Gasteiger partial charge in [0.25, 0.3) is 0 Å². The molecule has 2 amide bonds. The minimum Gasteiger partial charge on any atom is -0.481 e. The van der Waals surface area contributed by atoms with Gasteiger partial charge in [-0.15, -0.1) is 0 Å². The number of carbonyl (C=O) groups is 3. The Labute approximate surface area is 207 Å². The first-order chi connectivity index (χ1) is 16.4. The van der Waals surface area contributed by atoms with Gasteiger partial charge >= 0.3 is 12.1 Å². The molecule has 0 saturated carbocycles. The standard InChI is InChI=1S/C28H36N2O5/c1-18(2)30(16-15-24(31)32)25(33)27(3,4)28(5,6)29-26(34)35-17-23-21-13-9-7-11-19(21)20-12-8-10-14-22(20)23/h7-14,18,23H,15-17H2,1-6H3,(H,29,34)(H,31,32). The van der Waals surface area contributed by atoms with Crippen molar-refractivity contribution in [2.45, 2.75) is 65.5 Å². The Bertz CT molecular complexity index is 1060. The van der Waals surface area contributed by atoms with Crippen LogP contribution in [0.15, 0.2) is 48.5 Å². The molecule has 0 unspecified atom stereocenters. The zero-order valence-electron chi connectivity index (χ0n) is 21.4. The van der Waals surface area contributed by atoms with Gasteiger partial charge in [0.05, 0.1) is 17.4 Å². The van der Waals surface area contributed by atoms with Crippen LogP contribution in [0.25, 0.3) is 11.1 Å². The van der Waals surface area contributed by atoms with E-state index in [4.69, 9.17) is 9.84 Å². The monoisotopic (exact) mass is 480 g/mol. The lowest BCUT2D eigenvalue weighted by molar-refractivity contribution is -0.147. The second-order valence-electron chi connectivity index (χ2n) is 10.4. The fourth-order valence-corrected chi connectivity index (χ4v) is 4.48. The van der Waals surface area contributed by atoms with E-state index in [0.717, 1.165) is 22.3 Å². The Morgan fingerprint density at radius 2 is 1.49 bits per heavy atom. The van der Waals surface area contributed by atoms with Crippen LogP contribution in [-0.4, -0.2) is 52.7 Å². The van der Waals surface area contributed by atoms with Crippen molar-refractivity contribution < 1.29 is 24.2 Å². The third-order valence-corrected chi connectivity index (χ3v) is 7.31. The van der Waals surface area contributed by atoms with E-state index in [2.05, 4.69) is 29.6 Å². The Kier molecular flexibility index (Phi) is 7.58. The lowest BCUT2D eigenvalue weighted by Crippen LogP contribution is -2.61. The number of aliphatic carboxylic acids is 1. The number of fused-ring (bicyclic) bond motifs is 3. The predicted octanol–water partition coefficient (Wildman–Crippen LogP) is 5.04. The fourth-order valence-electron chi connectivity index (χ4n) is 4.48. The third kappa shape index (κ3) is 5.34. The molecule has 1 aliphatic rings. The number of hydrogen-bond donors (Lipinski definition) is 2. The number of nitrogens with one attached hydrogen (secondary N) is 1. The molecule has 2 aromatic carbocycles. The number of carbonyl (C=O) groups excluding carboxylic acids is 2. The molecular formula is C28H36N2O5. The summed E-state index contributed by atoms with van der Waals surface area (Å²) in [6, 6.07) is 16.1. The number of rotatable bonds is 9. The molecule has 0 saturated heterocycles. The van der Waals surface area contributed by atoms with Gasteiger partial charge in [0.15, 0.2) is 0 Å². The van der Waals surface area contributed by atoms with E-state index in [-0.39, 0.29) is 37.4 Å². The maximum absolute atomic E-state index is 13.4. The highest BCUT2D eigenvalue weighted by Gasteiger charge is 2.47. The Morgan fingerprint density at radius 1 is 0.971 bits per heavy atom. The van der Waals surface area contributed by atoms with Crippen molar-refractivity contribution in [3.05, 3.63) is 59.7 Å². The van der Waals surface area contributed by atoms with E-state index >= 15 is 0 Å². The molecule has 0 spiro atoms. The van der Waals surface area contributed by atoms with Crippen molar-refractivity contribution in [3.8, 4) is 11.1 Å². The Balaban J connectivity index is 1.70. The molecule has 1 aliphatic carbocycles. The summed E-state index contributed by atoms with van der Waals surface area (Å²) in [4.78, 5) is 38.9. The first kappa shape index (κ1) is 26.3. The summed E-state index contributed by atoms with van der Waals surface area (Å²) in [6.45, 7) is 11.1. The van der Waals surface area contributed by atoms with Gasteiger partial charge in [-0.05, 0) is 63.8 Å². The largest absolute Gasteiger partial charge is 0.481 e. The van der Waals surface area contributed by atoms with Gasteiger partial charge in [-0.2, -0.15) is 0 Å². The van der Waals surface area contributed by atoms with Crippen LogP contribution in [0.3, 0.4) is 0 Å². The number of nitrogens with zero attached hydrogens (tertiary/aromatic N) is 1. The predicted molar refractivity (Wildman–Crippen MR) is 135 cm³/mol. The van der Waals surface area contributed by atoms with Gasteiger partial charge < -0.3 is 20.1 Å². The summed E-state index contributed by atoms with van der Waals surface area (Å²) in [5.41, 5.74) is 2.59. The van der Waals surface area contributed by atoms with E-state index in [0.29, 0.717) is 0 Å². The van der Waals surface area contributed by atoms with E-state index in [1.165, 1.54) is 0 Å². The van der Waals surface area contributed by atoms with Crippen LogP contribution in [0.5, 0.6) is 0 Å². The molecular weight excluding hydrogens is 444 g/mol. The van der Waals surface area contributed by atoms with Gasteiger partial charge in [0.2, 0.25) is 5.91 Å². The van der Waals surface area contributed by atoms with Crippen molar-refractivity contribution in [1.82, 2.24) is 10.2 Å². The van der Waals surface area contributed by atoms with Crippen molar-refractivity contribution in [2.75, 3.05) is 13.2 Å². The topological polar surface area (TPSA) is 95.9 Å². The average Bonchev–Trinajstić information content (AvgIpc) is 3.10. The molecule has 7 nitrogen and oxygen atoms in total. The fraction of sp³-hybridized carbons (Fsp3) is 0.464. The van der Waals surface area contributed by atoms with Gasteiger partial charge in [0.1, 0.15) is 6.61 Å². The highest BCUT2D eigenvalue weighted by atomic mass is 16.5. The van der Waals surface area contributed by atoms with Crippen LogP contribution < -0.4 is 5.32 Å². The summed E-state index contributed by atoms with van der Waals surface area (Å²) < 4.78 is 5.68. The van der Waals surface area contributed by atoms with Crippen LogP contribution in [0.4, 0.5) is 4.79 Å². The zero-order chi connectivity index (χ0) is 26.0. The highest BCUT2D eigenvalue weighted by molar-refractivity contribution is 5.85. The molecule has 188 valence electrons. The second kappa shape index (κ2) is 10.1. The van der Waals surface area contributed by atoms with Gasteiger partial charge in [-0.25, -0.2) is 4.79 Å². The maximum Gasteiger partial charge on any atom is 0.407 e. The van der Waals surface area contributed by atoms with Crippen molar-refractivity contribution in [2.24, 2.45) is 5.41 Å². The van der Waals surface area contributed by atoms with Crippen molar-refractivity contribution in [3.63, 3.8) is 0 Å². The van der Waals surface area contributed by atoms with E-state index < -0.39 is 23.0 Å². The molecule has 0 radical (unpaired) electrons. The number of carboxylic acids is 1. The van der Waals surface area contributed by atoms with E-state index in [1.54, 1.807) is 32.6 Å². The maximum atomic E-state index is 13.4. The number of amides is 2. The van der Waals surface area contributed by atoms with Crippen LogP contribution in [0.1, 0.15) is 65.0 Å². The second-order valence-corrected chi connectivity index (χ2v) is 10.4. The average molecular weight is 481 g/mol. The smallest absolute Gasteiger partial charge is 0.407 e. The zero-order valence-corrected chi connectivity index (χ0v) is 21.4. The number of carboxylic acid groups (broad SMARTS) is 1. The van der Waals surface area contributed by atoms with Crippen molar-refractivity contribution in [1.29, 1.82) is 0 Å². The quantitative estimate of drug-likeness (QED) is 0.524. The normalized spacial score (nSPS) is 13.2. The molecule has 2 aromatic rings. The lowest BCUT2D eigenvalue weighted by Gasteiger charge is -2.44. The lowest BCUT2D eigenvalue weighted by atomic mass is 9.73. The molecule has 0 aliphatic heterocycles. The summed E-state index contributed by atoms with van der Waals surface area (Å²) in [6.07, 6.45) is -0.736. The molecule has 0 atom stereocenters. The molecule has 7 heteroatoms. The number of hydrogen-bond acceptors (Lipinski definition) is 4. The highest BCUT2D eigenvalue weighted by Crippen LogP contribution is 2.44. The Hall–Kier alpha value is -3.35. The SMILES string of the molecule is CC(C)N(CCC(=O)O)C(=O)C(C)(C)C(C)(C)NC(=O)OCC1c2ccccc2-c2ccccc21. The summed E-state index contributed by atoms with van der Waals surface area (Å²) >= 11 is 0. The minimum atomic E-state index is -1.01. The molecule has 0 heterocycles. The molecule has 0 fully saturated rings. The van der Waals surface area contributed by atoms with Gasteiger partial charge in [-0.1, -0.05) is 48.5 Å². The first-order valence-electron chi connectivity index (χ1n) is 12.0.